The van der Waals surface area contributed by atoms with E-state index in [-0.39, 0.29) is 11.1 Å². The molecular formula is C15H16ClF2NS. The van der Waals surface area contributed by atoms with E-state index in [1.807, 2.05) is 19.1 Å². The van der Waals surface area contributed by atoms with Crippen LogP contribution in [-0.2, 0) is 0 Å². The van der Waals surface area contributed by atoms with E-state index in [1.165, 1.54) is 10.9 Å². The fourth-order valence-corrected chi connectivity index (χ4v) is 3.25. The highest BCUT2D eigenvalue weighted by Crippen LogP contribution is 2.33. The monoisotopic (exact) mass is 315 g/mol. The van der Waals surface area contributed by atoms with Crippen molar-refractivity contribution in [3.8, 4) is 0 Å². The highest BCUT2D eigenvalue weighted by atomic mass is 35.5. The Balaban J connectivity index is 2.43. The van der Waals surface area contributed by atoms with Crippen molar-refractivity contribution < 1.29 is 8.78 Å². The second-order valence-electron chi connectivity index (χ2n) is 4.62. The van der Waals surface area contributed by atoms with Crippen LogP contribution < -0.4 is 5.32 Å². The van der Waals surface area contributed by atoms with E-state index < -0.39 is 11.6 Å². The van der Waals surface area contributed by atoms with Crippen LogP contribution in [0.3, 0.4) is 0 Å². The molecule has 5 heteroatoms. The smallest absolute Gasteiger partial charge is 0.160 e. The second-order valence-corrected chi connectivity index (χ2v) is 6.35. The maximum atomic E-state index is 13.5. The zero-order valence-corrected chi connectivity index (χ0v) is 12.9. The Kier molecular flexibility index (Phi) is 5.13. The van der Waals surface area contributed by atoms with E-state index >= 15 is 0 Å². The Morgan fingerprint density at radius 3 is 2.55 bits per heavy atom. The Bertz CT molecular complexity index is 598. The summed E-state index contributed by atoms with van der Waals surface area (Å²) < 4.78 is 26.7. The van der Waals surface area contributed by atoms with Crippen molar-refractivity contribution in [3.63, 3.8) is 0 Å². The van der Waals surface area contributed by atoms with Gasteiger partial charge in [0.15, 0.2) is 11.6 Å². The molecule has 0 aliphatic carbocycles. The molecule has 0 spiro atoms. The standard InChI is InChI=1S/C15H16ClF2NS/c1-3-6-19-15(14-5-4-9(2)20-14)10-7-12(17)13(18)8-11(10)16/h4-5,7-8,15,19H,3,6H2,1-2H3. The Labute approximate surface area is 126 Å². The molecule has 0 radical (unpaired) electrons. The van der Waals surface area contributed by atoms with Crippen molar-refractivity contribution in [1.82, 2.24) is 5.32 Å². The number of nitrogens with one attached hydrogen (secondary N) is 1. The third kappa shape index (κ3) is 3.37. The Hall–Kier alpha value is -0.970. The summed E-state index contributed by atoms with van der Waals surface area (Å²) in [6.07, 6.45) is 0.947. The Morgan fingerprint density at radius 2 is 1.95 bits per heavy atom. The zero-order chi connectivity index (χ0) is 14.7. The lowest BCUT2D eigenvalue weighted by atomic mass is 10.0. The van der Waals surface area contributed by atoms with Gasteiger partial charge in [-0.2, -0.15) is 0 Å². The van der Waals surface area contributed by atoms with E-state index in [1.54, 1.807) is 11.3 Å². The van der Waals surface area contributed by atoms with E-state index in [9.17, 15) is 8.78 Å². The van der Waals surface area contributed by atoms with E-state index in [4.69, 9.17) is 11.6 Å². The maximum absolute atomic E-state index is 13.5. The molecule has 1 heterocycles. The van der Waals surface area contributed by atoms with Crippen LogP contribution >= 0.6 is 22.9 Å². The third-order valence-electron chi connectivity index (χ3n) is 2.99. The molecule has 20 heavy (non-hydrogen) atoms. The lowest BCUT2D eigenvalue weighted by molar-refractivity contribution is 0.503. The molecule has 0 fully saturated rings. The van der Waals surface area contributed by atoms with Crippen molar-refractivity contribution in [2.75, 3.05) is 6.54 Å². The van der Waals surface area contributed by atoms with Crippen molar-refractivity contribution in [3.05, 3.63) is 56.2 Å². The number of halogens is 3. The second kappa shape index (κ2) is 6.66. The van der Waals surface area contributed by atoms with Gasteiger partial charge < -0.3 is 5.32 Å². The summed E-state index contributed by atoms with van der Waals surface area (Å²) in [6, 6.07) is 6.00. The normalized spacial score (nSPS) is 12.7. The summed E-state index contributed by atoms with van der Waals surface area (Å²) in [4.78, 5) is 2.21. The van der Waals surface area contributed by atoms with Crippen LogP contribution in [0.2, 0.25) is 5.02 Å². The fourth-order valence-electron chi connectivity index (χ4n) is 2.02. The van der Waals surface area contributed by atoms with Crippen molar-refractivity contribution in [2.45, 2.75) is 26.3 Å². The summed E-state index contributed by atoms with van der Waals surface area (Å²) >= 11 is 7.71. The first-order valence-corrected chi connectivity index (χ1v) is 7.66. The number of aryl methyl sites for hydroxylation is 1. The van der Waals surface area contributed by atoms with E-state index in [0.29, 0.717) is 5.56 Å². The van der Waals surface area contributed by atoms with Gasteiger partial charge in [0.2, 0.25) is 0 Å². The molecule has 108 valence electrons. The maximum Gasteiger partial charge on any atom is 0.160 e. The minimum absolute atomic E-state index is 0.212. The molecule has 1 aromatic carbocycles. The van der Waals surface area contributed by atoms with Gasteiger partial charge in [-0.3, -0.25) is 0 Å². The molecule has 1 aromatic heterocycles. The first-order valence-electron chi connectivity index (χ1n) is 6.47. The van der Waals surface area contributed by atoms with Crippen LogP contribution in [0.4, 0.5) is 8.78 Å². The number of rotatable bonds is 5. The van der Waals surface area contributed by atoms with Gasteiger partial charge in [0, 0.05) is 14.8 Å². The van der Waals surface area contributed by atoms with E-state index in [2.05, 4.69) is 12.2 Å². The molecule has 1 nitrogen and oxygen atoms in total. The number of thiophene rings is 1. The van der Waals surface area contributed by atoms with Crippen LogP contribution in [0.1, 0.15) is 34.7 Å². The zero-order valence-electron chi connectivity index (χ0n) is 11.3. The topological polar surface area (TPSA) is 12.0 Å². The third-order valence-corrected chi connectivity index (χ3v) is 4.39. The SMILES string of the molecule is CCCNC(c1ccc(C)s1)c1cc(F)c(F)cc1Cl. The van der Waals surface area contributed by atoms with Crippen LogP contribution in [-0.4, -0.2) is 6.54 Å². The highest BCUT2D eigenvalue weighted by molar-refractivity contribution is 7.12. The highest BCUT2D eigenvalue weighted by Gasteiger charge is 2.20. The molecule has 1 N–H and O–H groups in total. The predicted molar refractivity (Wildman–Crippen MR) is 80.6 cm³/mol. The van der Waals surface area contributed by atoms with Crippen molar-refractivity contribution in [1.29, 1.82) is 0 Å². The van der Waals surface area contributed by atoms with Gasteiger partial charge in [-0.1, -0.05) is 18.5 Å². The average molecular weight is 316 g/mol. The number of hydrogen-bond acceptors (Lipinski definition) is 2. The van der Waals surface area contributed by atoms with Crippen LogP contribution in [0.25, 0.3) is 0 Å². The fraction of sp³-hybridized carbons (Fsp3) is 0.333. The molecular weight excluding hydrogens is 300 g/mol. The van der Waals surface area contributed by atoms with Gasteiger partial charge in [-0.15, -0.1) is 11.3 Å². The Morgan fingerprint density at radius 1 is 1.25 bits per heavy atom. The van der Waals surface area contributed by atoms with Crippen LogP contribution in [0.15, 0.2) is 24.3 Å². The molecule has 2 aromatic rings. The van der Waals surface area contributed by atoms with Crippen molar-refractivity contribution >= 4 is 22.9 Å². The van der Waals surface area contributed by atoms with Gasteiger partial charge in [0.25, 0.3) is 0 Å². The molecule has 0 saturated heterocycles. The minimum Gasteiger partial charge on any atom is -0.306 e. The minimum atomic E-state index is -0.921. The molecule has 0 amide bonds. The molecule has 1 unspecified atom stereocenters. The lowest BCUT2D eigenvalue weighted by Crippen LogP contribution is -2.23. The summed E-state index contributed by atoms with van der Waals surface area (Å²) in [6.45, 7) is 4.84. The van der Waals surface area contributed by atoms with Crippen LogP contribution in [0.5, 0.6) is 0 Å². The van der Waals surface area contributed by atoms with Gasteiger partial charge in [-0.25, -0.2) is 8.78 Å². The molecule has 0 aliphatic heterocycles. The molecule has 1 atom stereocenters. The molecule has 2 rings (SSSR count). The molecule has 0 saturated carbocycles. The van der Waals surface area contributed by atoms with Gasteiger partial charge in [0.05, 0.1) is 6.04 Å². The summed E-state index contributed by atoms with van der Waals surface area (Å²) in [5.74, 6) is -1.80. The van der Waals surface area contributed by atoms with Gasteiger partial charge >= 0.3 is 0 Å². The summed E-state index contributed by atoms with van der Waals surface area (Å²) in [5.41, 5.74) is 0.570. The van der Waals surface area contributed by atoms with Gasteiger partial charge in [-0.05, 0) is 49.7 Å². The lowest BCUT2D eigenvalue weighted by Gasteiger charge is -2.19. The predicted octanol–water partition coefficient (Wildman–Crippen LogP) is 5.08. The average Bonchev–Trinajstić information content (AvgIpc) is 2.82. The first kappa shape index (κ1) is 15.4. The first-order chi connectivity index (χ1) is 9.52. The summed E-state index contributed by atoms with van der Waals surface area (Å²) in [7, 11) is 0. The quantitative estimate of drug-likeness (QED) is 0.759. The molecule has 0 bridgehead atoms. The van der Waals surface area contributed by atoms with Gasteiger partial charge in [0.1, 0.15) is 0 Å². The summed E-state index contributed by atoms with van der Waals surface area (Å²) in [5, 5.41) is 3.58. The van der Waals surface area contributed by atoms with E-state index in [0.717, 1.165) is 23.9 Å². The number of hydrogen-bond donors (Lipinski definition) is 1. The van der Waals surface area contributed by atoms with Crippen molar-refractivity contribution in [2.24, 2.45) is 0 Å². The molecule has 0 aliphatic rings. The largest absolute Gasteiger partial charge is 0.306 e. The van der Waals surface area contributed by atoms with Crippen LogP contribution in [0, 0.1) is 18.6 Å². The number of benzene rings is 1.